The number of piperidine rings is 1. The van der Waals surface area contributed by atoms with Crippen LogP contribution in [0.4, 0.5) is 0 Å². The maximum absolute atomic E-state index is 12.3. The van der Waals surface area contributed by atoms with E-state index in [2.05, 4.69) is 50.7 Å². The monoisotopic (exact) mass is 356 g/mol. The summed E-state index contributed by atoms with van der Waals surface area (Å²) in [6, 6.07) is 10.4. The van der Waals surface area contributed by atoms with Crippen molar-refractivity contribution in [2.75, 3.05) is 19.6 Å². The molecule has 0 aliphatic carbocycles. The minimum atomic E-state index is -0.274. The summed E-state index contributed by atoms with van der Waals surface area (Å²) < 4.78 is 5.61. The average molecular weight is 356 g/mol. The summed E-state index contributed by atoms with van der Waals surface area (Å²) in [7, 11) is 0. The number of nitrogens with zero attached hydrogens (tertiary/aromatic N) is 3. The lowest BCUT2D eigenvalue weighted by Crippen LogP contribution is -2.41. The molecular formula is C20H28N4O2. The summed E-state index contributed by atoms with van der Waals surface area (Å²) in [4.78, 5) is 14.6. The Balaban J connectivity index is 1.45. The van der Waals surface area contributed by atoms with E-state index in [0.29, 0.717) is 24.2 Å². The molecule has 1 aliphatic rings. The molecule has 0 bridgehead atoms. The number of benzene rings is 1. The highest BCUT2D eigenvalue weighted by molar-refractivity contribution is 5.78. The van der Waals surface area contributed by atoms with Crippen LogP contribution < -0.4 is 5.32 Å². The normalized spacial score (nSPS) is 17.4. The van der Waals surface area contributed by atoms with Crippen molar-refractivity contribution in [3.8, 4) is 0 Å². The van der Waals surface area contributed by atoms with E-state index >= 15 is 0 Å². The smallest absolute Gasteiger partial charge is 0.238 e. The fourth-order valence-electron chi connectivity index (χ4n) is 3.36. The quantitative estimate of drug-likeness (QED) is 0.860. The first-order valence-corrected chi connectivity index (χ1v) is 9.43. The third-order valence-corrected chi connectivity index (χ3v) is 4.92. The van der Waals surface area contributed by atoms with Gasteiger partial charge in [0.25, 0.3) is 0 Å². The van der Waals surface area contributed by atoms with Crippen LogP contribution in [0.5, 0.6) is 0 Å². The third-order valence-electron chi connectivity index (χ3n) is 4.92. The molecule has 2 heterocycles. The van der Waals surface area contributed by atoms with Crippen LogP contribution in [-0.4, -0.2) is 40.6 Å². The molecule has 26 heavy (non-hydrogen) atoms. The Kier molecular flexibility index (Phi) is 6.04. The number of carbonyl (C=O) groups excluding carboxylic acids is 1. The van der Waals surface area contributed by atoms with Gasteiger partial charge in [0.1, 0.15) is 6.04 Å². The van der Waals surface area contributed by atoms with Crippen molar-refractivity contribution in [1.29, 1.82) is 0 Å². The number of aromatic nitrogens is 2. The van der Waals surface area contributed by atoms with Crippen LogP contribution in [0, 0.1) is 0 Å². The molecule has 1 saturated heterocycles. The zero-order valence-corrected chi connectivity index (χ0v) is 15.8. The van der Waals surface area contributed by atoms with Crippen molar-refractivity contribution < 1.29 is 9.21 Å². The fourth-order valence-corrected chi connectivity index (χ4v) is 3.36. The molecule has 6 heteroatoms. The van der Waals surface area contributed by atoms with E-state index in [4.69, 9.17) is 4.42 Å². The van der Waals surface area contributed by atoms with Gasteiger partial charge in [0.05, 0.1) is 6.54 Å². The number of amides is 1. The van der Waals surface area contributed by atoms with Gasteiger partial charge in [-0.15, -0.1) is 10.2 Å². The van der Waals surface area contributed by atoms with E-state index in [1.807, 2.05) is 20.8 Å². The Labute approximate surface area is 155 Å². The van der Waals surface area contributed by atoms with Gasteiger partial charge in [-0.3, -0.25) is 9.69 Å². The van der Waals surface area contributed by atoms with E-state index in [9.17, 15) is 4.79 Å². The second-order valence-electron chi connectivity index (χ2n) is 7.38. The largest absolute Gasteiger partial charge is 0.423 e. The van der Waals surface area contributed by atoms with Crippen molar-refractivity contribution >= 4 is 5.91 Å². The van der Waals surface area contributed by atoms with Crippen LogP contribution in [0.2, 0.25) is 0 Å². The molecule has 3 rings (SSSR count). The molecule has 6 nitrogen and oxygen atoms in total. The molecule has 0 spiro atoms. The van der Waals surface area contributed by atoms with Crippen LogP contribution in [-0.2, 0) is 4.79 Å². The Morgan fingerprint density at radius 1 is 1.15 bits per heavy atom. The molecule has 1 unspecified atom stereocenters. The molecule has 1 aliphatic heterocycles. The lowest BCUT2D eigenvalue weighted by molar-refractivity contribution is -0.123. The van der Waals surface area contributed by atoms with Crippen molar-refractivity contribution in [1.82, 2.24) is 20.4 Å². The molecule has 1 aromatic carbocycles. The summed E-state index contributed by atoms with van der Waals surface area (Å²) in [6.45, 7) is 8.17. The molecule has 1 atom stereocenters. The van der Waals surface area contributed by atoms with Crippen molar-refractivity contribution in [2.45, 2.75) is 51.5 Å². The lowest BCUT2D eigenvalue weighted by Gasteiger charge is -2.31. The SMILES string of the molecule is CC(C)c1nnc(C(C)NC(=O)CN2CCC(c3ccccc3)CC2)o1. The van der Waals surface area contributed by atoms with Gasteiger partial charge >= 0.3 is 0 Å². The minimum Gasteiger partial charge on any atom is -0.423 e. The Morgan fingerprint density at radius 2 is 1.81 bits per heavy atom. The molecule has 140 valence electrons. The van der Waals surface area contributed by atoms with Crippen LogP contribution in [0.1, 0.15) is 68.8 Å². The summed E-state index contributed by atoms with van der Waals surface area (Å²) in [5, 5.41) is 11.0. The number of likely N-dealkylation sites (tertiary alicyclic amines) is 1. The second kappa shape index (κ2) is 8.45. The van der Waals surface area contributed by atoms with Crippen LogP contribution >= 0.6 is 0 Å². The third kappa shape index (κ3) is 4.69. The number of hydrogen-bond acceptors (Lipinski definition) is 5. The topological polar surface area (TPSA) is 71.3 Å². The summed E-state index contributed by atoms with van der Waals surface area (Å²) >= 11 is 0. The van der Waals surface area contributed by atoms with Crippen molar-refractivity contribution in [2.24, 2.45) is 0 Å². The second-order valence-corrected chi connectivity index (χ2v) is 7.38. The predicted molar refractivity (Wildman–Crippen MR) is 99.8 cm³/mol. The fraction of sp³-hybridized carbons (Fsp3) is 0.550. The highest BCUT2D eigenvalue weighted by atomic mass is 16.4. The maximum Gasteiger partial charge on any atom is 0.238 e. The predicted octanol–water partition coefficient (Wildman–Crippen LogP) is 3.25. The molecule has 0 radical (unpaired) electrons. The maximum atomic E-state index is 12.3. The highest BCUT2D eigenvalue weighted by Crippen LogP contribution is 2.27. The number of hydrogen-bond donors (Lipinski definition) is 1. The van der Waals surface area contributed by atoms with Gasteiger partial charge in [0, 0.05) is 5.92 Å². The van der Waals surface area contributed by atoms with Gasteiger partial charge in [-0.05, 0) is 44.3 Å². The lowest BCUT2D eigenvalue weighted by atomic mass is 9.89. The van der Waals surface area contributed by atoms with Gasteiger partial charge in [-0.1, -0.05) is 44.2 Å². The van der Waals surface area contributed by atoms with E-state index in [0.717, 1.165) is 25.9 Å². The molecular weight excluding hydrogens is 328 g/mol. The van der Waals surface area contributed by atoms with Crippen molar-refractivity contribution in [3.63, 3.8) is 0 Å². The first kappa shape index (κ1) is 18.6. The van der Waals surface area contributed by atoms with E-state index in [1.165, 1.54) is 5.56 Å². The first-order valence-electron chi connectivity index (χ1n) is 9.43. The number of nitrogens with one attached hydrogen (secondary N) is 1. The van der Waals surface area contributed by atoms with Crippen molar-refractivity contribution in [3.05, 3.63) is 47.7 Å². The molecule has 1 amide bonds. The van der Waals surface area contributed by atoms with Crippen LogP contribution in [0.3, 0.4) is 0 Å². The standard InChI is InChI=1S/C20H28N4O2/c1-14(2)19-22-23-20(26-19)15(3)21-18(25)13-24-11-9-17(10-12-24)16-7-5-4-6-8-16/h4-8,14-15,17H,9-13H2,1-3H3,(H,21,25). The Bertz CT molecular complexity index is 706. The van der Waals surface area contributed by atoms with Gasteiger partial charge in [-0.2, -0.15) is 0 Å². The number of carbonyl (C=O) groups is 1. The summed E-state index contributed by atoms with van der Waals surface area (Å²) in [5.74, 6) is 1.85. The van der Waals surface area contributed by atoms with E-state index in [-0.39, 0.29) is 17.9 Å². The Hall–Kier alpha value is -2.21. The van der Waals surface area contributed by atoms with Crippen LogP contribution in [0.25, 0.3) is 0 Å². The zero-order chi connectivity index (χ0) is 18.5. The molecule has 1 aromatic heterocycles. The van der Waals surface area contributed by atoms with Gasteiger partial charge in [0.2, 0.25) is 17.7 Å². The van der Waals surface area contributed by atoms with Gasteiger partial charge in [0.15, 0.2) is 0 Å². The molecule has 0 saturated carbocycles. The molecule has 1 fully saturated rings. The molecule has 1 N–H and O–H groups in total. The van der Waals surface area contributed by atoms with E-state index < -0.39 is 0 Å². The van der Waals surface area contributed by atoms with Crippen LogP contribution in [0.15, 0.2) is 34.7 Å². The first-order chi connectivity index (χ1) is 12.5. The minimum absolute atomic E-state index is 0.0000388. The Morgan fingerprint density at radius 3 is 2.42 bits per heavy atom. The highest BCUT2D eigenvalue weighted by Gasteiger charge is 2.23. The van der Waals surface area contributed by atoms with E-state index in [1.54, 1.807) is 0 Å². The summed E-state index contributed by atoms with van der Waals surface area (Å²) in [6.07, 6.45) is 2.18. The van der Waals surface area contributed by atoms with Gasteiger partial charge in [-0.25, -0.2) is 0 Å². The molecule has 2 aromatic rings. The number of rotatable bonds is 6. The zero-order valence-electron chi connectivity index (χ0n) is 15.8. The van der Waals surface area contributed by atoms with Gasteiger partial charge < -0.3 is 9.73 Å². The summed E-state index contributed by atoms with van der Waals surface area (Å²) in [5.41, 5.74) is 1.41. The average Bonchev–Trinajstić information content (AvgIpc) is 3.14.